The maximum absolute atomic E-state index is 6.35. The van der Waals surface area contributed by atoms with Crippen molar-refractivity contribution in [2.75, 3.05) is 0 Å². The summed E-state index contributed by atoms with van der Waals surface area (Å²) in [7, 11) is 0. The van der Waals surface area contributed by atoms with Crippen LogP contribution in [0.4, 0.5) is 0 Å². The third-order valence-electron chi connectivity index (χ3n) is 5.78. The molecule has 4 aromatic heterocycles. The van der Waals surface area contributed by atoms with E-state index in [1.165, 1.54) is 0 Å². The molecule has 0 aliphatic carbocycles. The largest absolute Gasteiger partial charge is 0.456 e. The Hall–Kier alpha value is -4.29. The highest BCUT2D eigenvalue weighted by atomic mass is 35.5. The van der Waals surface area contributed by atoms with Gasteiger partial charge in [-0.15, -0.1) is 0 Å². The van der Waals surface area contributed by atoms with Crippen LogP contribution < -0.4 is 0 Å². The lowest BCUT2D eigenvalue weighted by Gasteiger charge is -2.06. The van der Waals surface area contributed by atoms with Crippen LogP contribution in [0.2, 0.25) is 5.28 Å². The van der Waals surface area contributed by atoms with E-state index >= 15 is 0 Å². The molecule has 33 heavy (non-hydrogen) atoms. The van der Waals surface area contributed by atoms with Crippen molar-refractivity contribution in [3.63, 3.8) is 0 Å². The van der Waals surface area contributed by atoms with Gasteiger partial charge in [-0.1, -0.05) is 36.4 Å². The molecule has 4 heterocycles. The first-order valence-electron chi connectivity index (χ1n) is 10.3. The Morgan fingerprint density at radius 3 is 2.39 bits per heavy atom. The monoisotopic (exact) mass is 448 g/mol. The molecule has 0 spiro atoms. The molecule has 7 aromatic rings. The summed E-state index contributed by atoms with van der Waals surface area (Å²) in [5.74, 6) is 0.933. The predicted molar refractivity (Wildman–Crippen MR) is 128 cm³/mol. The van der Waals surface area contributed by atoms with Crippen molar-refractivity contribution in [1.82, 2.24) is 19.9 Å². The average Bonchev–Trinajstić information content (AvgIpc) is 3.41. The van der Waals surface area contributed by atoms with Gasteiger partial charge in [0.2, 0.25) is 5.28 Å². The summed E-state index contributed by atoms with van der Waals surface area (Å²) in [6.45, 7) is 0. The van der Waals surface area contributed by atoms with Crippen LogP contribution in [0.25, 0.3) is 66.7 Å². The van der Waals surface area contributed by atoms with Gasteiger partial charge < -0.3 is 8.83 Å². The van der Waals surface area contributed by atoms with Gasteiger partial charge in [0.1, 0.15) is 22.3 Å². The van der Waals surface area contributed by atoms with E-state index in [0.717, 1.165) is 55.0 Å². The number of halogens is 1. The van der Waals surface area contributed by atoms with Gasteiger partial charge in [-0.2, -0.15) is 9.97 Å². The number of para-hydroxylation sites is 1. The zero-order valence-electron chi connectivity index (χ0n) is 17.0. The van der Waals surface area contributed by atoms with Crippen molar-refractivity contribution in [3.8, 4) is 22.8 Å². The fourth-order valence-corrected chi connectivity index (χ4v) is 4.48. The highest BCUT2D eigenvalue weighted by Crippen LogP contribution is 2.36. The Bertz CT molecular complexity index is 1850. The molecule has 0 atom stereocenters. The Kier molecular flexibility index (Phi) is 3.80. The minimum atomic E-state index is 0.114. The molecule has 0 bridgehead atoms. The number of benzene rings is 3. The summed E-state index contributed by atoms with van der Waals surface area (Å²) >= 11 is 6.35. The number of aromatic nitrogens is 4. The lowest BCUT2D eigenvalue weighted by atomic mass is 10.1. The number of rotatable bonds is 2. The summed E-state index contributed by atoms with van der Waals surface area (Å²) in [4.78, 5) is 17.8. The molecule has 0 unspecified atom stereocenters. The maximum Gasteiger partial charge on any atom is 0.226 e. The lowest BCUT2D eigenvalue weighted by molar-refractivity contribution is 0.668. The Balaban J connectivity index is 1.44. The van der Waals surface area contributed by atoms with Crippen LogP contribution in [0.3, 0.4) is 0 Å². The normalized spacial score (nSPS) is 11.8. The number of pyridine rings is 1. The second-order valence-electron chi connectivity index (χ2n) is 7.71. The van der Waals surface area contributed by atoms with E-state index in [1.54, 1.807) is 12.4 Å². The molecule has 0 N–H and O–H groups in total. The van der Waals surface area contributed by atoms with E-state index in [-0.39, 0.29) is 5.28 Å². The first kappa shape index (κ1) is 18.3. The summed E-state index contributed by atoms with van der Waals surface area (Å²) in [6, 6.07) is 21.5. The van der Waals surface area contributed by atoms with Crippen molar-refractivity contribution >= 4 is 55.5 Å². The van der Waals surface area contributed by atoms with Crippen molar-refractivity contribution in [1.29, 1.82) is 0 Å². The molecular weight excluding hydrogens is 436 g/mol. The quantitative estimate of drug-likeness (QED) is 0.282. The van der Waals surface area contributed by atoms with E-state index in [1.807, 2.05) is 66.7 Å². The third-order valence-corrected chi connectivity index (χ3v) is 5.95. The summed E-state index contributed by atoms with van der Waals surface area (Å²) in [5, 5.41) is 4.01. The summed E-state index contributed by atoms with van der Waals surface area (Å²) < 4.78 is 12.0. The number of hydrogen-bond acceptors (Lipinski definition) is 6. The molecular formula is C26H13ClN4O2. The van der Waals surface area contributed by atoms with E-state index in [2.05, 4.69) is 15.0 Å². The topological polar surface area (TPSA) is 77.8 Å². The second-order valence-corrected chi connectivity index (χ2v) is 8.05. The van der Waals surface area contributed by atoms with Crippen LogP contribution in [0.5, 0.6) is 0 Å². The number of nitrogens with zero attached hydrogens (tertiary/aromatic N) is 4. The smallest absolute Gasteiger partial charge is 0.226 e. The van der Waals surface area contributed by atoms with Crippen LogP contribution in [0, 0.1) is 0 Å². The van der Waals surface area contributed by atoms with Gasteiger partial charge >= 0.3 is 0 Å². The first-order valence-corrected chi connectivity index (χ1v) is 10.7. The second kappa shape index (κ2) is 6.85. The lowest BCUT2D eigenvalue weighted by Crippen LogP contribution is -1.97. The number of furan rings is 2. The molecule has 7 heteroatoms. The van der Waals surface area contributed by atoms with E-state index in [9.17, 15) is 0 Å². The van der Waals surface area contributed by atoms with Gasteiger partial charge in [0.25, 0.3) is 0 Å². The van der Waals surface area contributed by atoms with E-state index in [4.69, 9.17) is 25.4 Å². The average molecular weight is 449 g/mol. The molecule has 0 saturated heterocycles. The van der Waals surface area contributed by atoms with Crippen molar-refractivity contribution < 1.29 is 8.83 Å². The Morgan fingerprint density at radius 1 is 0.636 bits per heavy atom. The maximum atomic E-state index is 6.35. The molecule has 0 amide bonds. The molecule has 0 saturated carbocycles. The van der Waals surface area contributed by atoms with Crippen molar-refractivity contribution in [2.45, 2.75) is 0 Å². The summed E-state index contributed by atoms with van der Waals surface area (Å²) in [6.07, 6.45) is 3.49. The predicted octanol–water partition coefficient (Wildman–Crippen LogP) is 7.05. The zero-order chi connectivity index (χ0) is 21.9. The fourth-order valence-electron chi connectivity index (χ4n) is 4.32. The summed E-state index contributed by atoms with van der Waals surface area (Å²) in [5.41, 5.74) is 4.68. The number of hydrogen-bond donors (Lipinski definition) is 0. The molecule has 0 radical (unpaired) electrons. The molecule has 7 rings (SSSR count). The van der Waals surface area contributed by atoms with Gasteiger partial charge in [-0.05, 0) is 41.9 Å². The highest BCUT2D eigenvalue weighted by Gasteiger charge is 2.17. The van der Waals surface area contributed by atoms with E-state index < -0.39 is 0 Å². The molecule has 0 aliphatic heterocycles. The van der Waals surface area contributed by atoms with Crippen molar-refractivity contribution in [3.05, 3.63) is 84.4 Å². The van der Waals surface area contributed by atoms with E-state index in [0.29, 0.717) is 11.6 Å². The van der Waals surface area contributed by atoms with Crippen molar-refractivity contribution in [2.24, 2.45) is 0 Å². The minimum absolute atomic E-state index is 0.114. The highest BCUT2D eigenvalue weighted by molar-refractivity contribution is 6.28. The number of fused-ring (bicyclic) bond motifs is 6. The fraction of sp³-hybridized carbons (Fsp3) is 0. The molecule has 0 aliphatic rings. The van der Waals surface area contributed by atoms with Crippen LogP contribution in [0.15, 0.2) is 88.0 Å². The molecule has 3 aromatic carbocycles. The molecule has 0 fully saturated rings. The van der Waals surface area contributed by atoms with Crippen LogP contribution in [0.1, 0.15) is 0 Å². The molecule has 156 valence electrons. The minimum Gasteiger partial charge on any atom is -0.456 e. The van der Waals surface area contributed by atoms with Crippen LogP contribution in [-0.2, 0) is 0 Å². The Labute approximate surface area is 191 Å². The standard InChI is InChI=1S/C26H13ClN4O2/c27-26-30-24(14-8-9-16-15-4-1-2-6-19(15)33-22(16)12-14)29-25(31-26)17-5-3-7-21-23(17)18-13-28-11-10-20(18)32-21/h1-13H. The van der Waals surface area contributed by atoms with Gasteiger partial charge in [0.05, 0.1) is 0 Å². The van der Waals surface area contributed by atoms with Gasteiger partial charge in [0.15, 0.2) is 11.6 Å². The first-order chi connectivity index (χ1) is 16.2. The van der Waals surface area contributed by atoms with Gasteiger partial charge in [-0.25, -0.2) is 4.98 Å². The SMILES string of the molecule is Clc1nc(-c2ccc3c(c2)oc2ccccc23)nc(-c2cccc3oc4ccncc4c23)n1. The van der Waals surface area contributed by atoms with Crippen LogP contribution in [-0.4, -0.2) is 19.9 Å². The molecule has 6 nitrogen and oxygen atoms in total. The zero-order valence-corrected chi connectivity index (χ0v) is 17.7. The Morgan fingerprint density at radius 2 is 1.42 bits per heavy atom. The van der Waals surface area contributed by atoms with Crippen LogP contribution >= 0.6 is 11.6 Å². The third kappa shape index (κ3) is 2.81. The van der Waals surface area contributed by atoms with Gasteiger partial charge in [-0.3, -0.25) is 4.98 Å². The van der Waals surface area contributed by atoms with Gasteiger partial charge in [0, 0.05) is 45.1 Å².